The summed E-state index contributed by atoms with van der Waals surface area (Å²) in [5.41, 5.74) is 0.866. The minimum absolute atomic E-state index is 0.309. The summed E-state index contributed by atoms with van der Waals surface area (Å²) in [5, 5.41) is 1.73. The number of thiophene rings is 1. The number of nitrogens with one attached hydrogen (secondary N) is 1. The van der Waals surface area contributed by atoms with Gasteiger partial charge < -0.3 is 0 Å². The average molecular weight is 347 g/mol. The van der Waals surface area contributed by atoms with E-state index in [-0.39, 0.29) is 0 Å². The van der Waals surface area contributed by atoms with Gasteiger partial charge in [-0.2, -0.15) is 0 Å². The average Bonchev–Trinajstić information content (AvgIpc) is 2.77. The summed E-state index contributed by atoms with van der Waals surface area (Å²) in [5.74, 6) is 0. The fraction of sp³-hybridized carbons (Fsp3) is 0.182. The number of rotatable bonds is 5. The minimum atomic E-state index is -3.42. The van der Waals surface area contributed by atoms with E-state index in [0.29, 0.717) is 21.6 Å². The molecule has 0 amide bonds. The van der Waals surface area contributed by atoms with Crippen LogP contribution in [0, 0.1) is 0 Å². The van der Waals surface area contributed by atoms with Crippen molar-refractivity contribution >= 4 is 37.3 Å². The number of pyridine rings is 1. The molecule has 2 aromatic heterocycles. The summed E-state index contributed by atoms with van der Waals surface area (Å²) in [6.07, 6.45) is 2.27. The molecule has 0 saturated carbocycles. The molecule has 0 unspecified atom stereocenters. The van der Waals surface area contributed by atoms with Gasteiger partial charge in [0.25, 0.3) is 10.0 Å². The molecule has 2 rings (SSSR count). The van der Waals surface area contributed by atoms with Crippen LogP contribution in [0.2, 0.25) is 0 Å². The number of hydrogen-bond acceptors (Lipinski definition) is 4. The molecule has 96 valence electrons. The van der Waals surface area contributed by atoms with Crippen molar-refractivity contribution in [3.8, 4) is 0 Å². The fourth-order valence-electron chi connectivity index (χ4n) is 1.40. The van der Waals surface area contributed by atoms with Crippen LogP contribution in [0.3, 0.4) is 0 Å². The number of nitrogens with zero attached hydrogens (tertiary/aromatic N) is 1. The third-order valence-electron chi connectivity index (χ3n) is 2.23. The van der Waals surface area contributed by atoms with Crippen LogP contribution < -0.4 is 4.72 Å². The molecule has 0 aliphatic heterocycles. The molecule has 0 fully saturated rings. The molecule has 0 radical (unpaired) electrons. The lowest BCUT2D eigenvalue weighted by molar-refractivity contribution is 0.583. The van der Waals surface area contributed by atoms with Gasteiger partial charge in [0.05, 0.1) is 0 Å². The van der Waals surface area contributed by atoms with Crippen molar-refractivity contribution in [2.75, 3.05) is 6.54 Å². The molecule has 18 heavy (non-hydrogen) atoms. The Balaban J connectivity index is 1.97. The van der Waals surface area contributed by atoms with E-state index in [0.717, 1.165) is 5.69 Å². The Bertz CT molecular complexity index is 611. The summed E-state index contributed by atoms with van der Waals surface area (Å²) in [6.45, 7) is 0.337. The predicted octanol–water partition coefficient (Wildman–Crippen LogP) is 2.43. The maximum atomic E-state index is 12.0. The third-order valence-corrected chi connectivity index (χ3v) is 6.36. The van der Waals surface area contributed by atoms with Gasteiger partial charge in [0.1, 0.15) is 4.21 Å². The van der Waals surface area contributed by atoms with Crippen molar-refractivity contribution in [1.29, 1.82) is 0 Å². The van der Waals surface area contributed by atoms with Crippen LogP contribution in [0.4, 0.5) is 0 Å². The van der Waals surface area contributed by atoms with Gasteiger partial charge in [0, 0.05) is 29.3 Å². The highest BCUT2D eigenvalue weighted by Gasteiger charge is 2.18. The molecule has 2 heterocycles. The van der Waals surface area contributed by atoms with E-state index in [9.17, 15) is 8.42 Å². The van der Waals surface area contributed by atoms with Gasteiger partial charge in [-0.1, -0.05) is 6.07 Å². The van der Waals surface area contributed by atoms with E-state index in [4.69, 9.17) is 0 Å². The molecule has 2 aromatic rings. The van der Waals surface area contributed by atoms with Crippen LogP contribution in [0.5, 0.6) is 0 Å². The van der Waals surface area contributed by atoms with Gasteiger partial charge in [-0.25, -0.2) is 13.1 Å². The van der Waals surface area contributed by atoms with Crippen LogP contribution in [0.15, 0.2) is 44.5 Å². The third kappa shape index (κ3) is 3.38. The van der Waals surface area contributed by atoms with Gasteiger partial charge in [0.15, 0.2) is 0 Å². The second-order valence-corrected chi connectivity index (χ2v) is 7.26. The normalized spacial score (nSPS) is 11.6. The maximum absolute atomic E-state index is 12.0. The second-order valence-electron chi connectivity index (χ2n) is 3.52. The SMILES string of the molecule is O=S(=O)(NCCc1ccccn1)c1sccc1Br. The zero-order valence-corrected chi connectivity index (χ0v) is 12.6. The first kappa shape index (κ1) is 13.7. The lowest BCUT2D eigenvalue weighted by atomic mass is 10.3. The van der Waals surface area contributed by atoms with E-state index in [1.165, 1.54) is 11.3 Å². The van der Waals surface area contributed by atoms with Gasteiger partial charge >= 0.3 is 0 Å². The second kappa shape index (κ2) is 5.92. The number of sulfonamides is 1. The van der Waals surface area contributed by atoms with E-state index in [1.807, 2.05) is 18.2 Å². The molecule has 4 nitrogen and oxygen atoms in total. The first-order chi connectivity index (χ1) is 8.59. The van der Waals surface area contributed by atoms with Gasteiger partial charge in [-0.15, -0.1) is 11.3 Å². The Morgan fingerprint density at radius 2 is 2.17 bits per heavy atom. The first-order valence-electron chi connectivity index (χ1n) is 5.22. The van der Waals surface area contributed by atoms with Crippen molar-refractivity contribution in [2.45, 2.75) is 10.6 Å². The Hall–Kier alpha value is -0.760. The van der Waals surface area contributed by atoms with Crippen LogP contribution in [0.25, 0.3) is 0 Å². The maximum Gasteiger partial charge on any atom is 0.251 e. The van der Waals surface area contributed by atoms with E-state index < -0.39 is 10.0 Å². The van der Waals surface area contributed by atoms with Crippen molar-refractivity contribution in [3.63, 3.8) is 0 Å². The standard InChI is InChI=1S/C11H11BrN2O2S2/c12-10-5-8-17-11(10)18(15,16)14-7-4-9-3-1-2-6-13-9/h1-3,5-6,8,14H,4,7H2. The molecule has 0 aromatic carbocycles. The van der Waals surface area contributed by atoms with Crippen molar-refractivity contribution < 1.29 is 8.42 Å². The van der Waals surface area contributed by atoms with Gasteiger partial charge in [-0.3, -0.25) is 4.98 Å². The molecule has 7 heteroatoms. The quantitative estimate of drug-likeness (QED) is 0.904. The van der Waals surface area contributed by atoms with Crippen LogP contribution in [0.1, 0.15) is 5.69 Å². The minimum Gasteiger partial charge on any atom is -0.261 e. The number of halogens is 1. The molecule has 0 saturated heterocycles. The molecular formula is C11H11BrN2O2S2. The van der Waals surface area contributed by atoms with Crippen molar-refractivity contribution in [3.05, 3.63) is 46.0 Å². The lowest BCUT2D eigenvalue weighted by Gasteiger charge is -2.05. The van der Waals surface area contributed by atoms with E-state index in [2.05, 4.69) is 25.6 Å². The molecular weight excluding hydrogens is 336 g/mol. The summed E-state index contributed by atoms with van der Waals surface area (Å²) in [7, 11) is -3.42. The largest absolute Gasteiger partial charge is 0.261 e. The fourth-order valence-corrected chi connectivity index (χ4v) is 4.81. The number of aromatic nitrogens is 1. The number of hydrogen-bond donors (Lipinski definition) is 1. The van der Waals surface area contributed by atoms with Gasteiger partial charge in [-0.05, 0) is 39.5 Å². The Labute approximate surface area is 118 Å². The Kier molecular flexibility index (Phi) is 4.50. The highest BCUT2D eigenvalue weighted by atomic mass is 79.9. The zero-order valence-electron chi connectivity index (χ0n) is 9.34. The summed E-state index contributed by atoms with van der Waals surface area (Å²) in [4.78, 5) is 4.14. The van der Waals surface area contributed by atoms with Crippen LogP contribution in [-0.4, -0.2) is 19.9 Å². The molecule has 0 aliphatic carbocycles. The van der Waals surface area contributed by atoms with E-state index >= 15 is 0 Å². The van der Waals surface area contributed by atoms with Gasteiger partial charge in [0.2, 0.25) is 0 Å². The highest BCUT2D eigenvalue weighted by Crippen LogP contribution is 2.27. The molecule has 1 N–H and O–H groups in total. The van der Waals surface area contributed by atoms with Crippen molar-refractivity contribution in [2.24, 2.45) is 0 Å². The Morgan fingerprint density at radius 3 is 2.78 bits per heavy atom. The monoisotopic (exact) mass is 346 g/mol. The summed E-state index contributed by atoms with van der Waals surface area (Å²) in [6, 6.07) is 7.30. The van der Waals surface area contributed by atoms with E-state index in [1.54, 1.807) is 17.6 Å². The molecule has 0 atom stereocenters. The molecule has 0 spiro atoms. The predicted molar refractivity (Wildman–Crippen MR) is 75.1 cm³/mol. The van der Waals surface area contributed by atoms with Crippen LogP contribution in [-0.2, 0) is 16.4 Å². The van der Waals surface area contributed by atoms with Crippen molar-refractivity contribution in [1.82, 2.24) is 9.71 Å². The summed E-state index contributed by atoms with van der Waals surface area (Å²) >= 11 is 4.41. The van der Waals surface area contributed by atoms with Crippen LogP contribution >= 0.6 is 27.3 Å². The highest BCUT2D eigenvalue weighted by molar-refractivity contribution is 9.10. The smallest absolute Gasteiger partial charge is 0.251 e. The topological polar surface area (TPSA) is 59.1 Å². The first-order valence-corrected chi connectivity index (χ1v) is 8.38. The molecule has 0 bridgehead atoms. The molecule has 0 aliphatic rings. The zero-order chi connectivity index (χ0) is 13.0. The lowest BCUT2D eigenvalue weighted by Crippen LogP contribution is -2.25. The summed E-state index contributed by atoms with van der Waals surface area (Å²) < 4.78 is 27.4. The Morgan fingerprint density at radius 1 is 1.33 bits per heavy atom.